The molecule has 0 amide bonds. The number of aromatic nitrogens is 2. The van der Waals surface area contributed by atoms with Crippen LogP contribution in [0.15, 0.2) is 25.3 Å². The lowest BCUT2D eigenvalue weighted by molar-refractivity contribution is 0.314. The Hall–Kier alpha value is -1.25. The molecule has 1 aliphatic rings. The standard InChI is InChI=1S/C10H15N3/c1-10(13-8-5-11-9-13)12-6-3-2-4-7-12/h5,8-9H,1-4,6-7H2. The van der Waals surface area contributed by atoms with Crippen LogP contribution in [0.2, 0.25) is 0 Å². The molecule has 1 saturated heterocycles. The number of hydrogen-bond donors (Lipinski definition) is 0. The van der Waals surface area contributed by atoms with Crippen molar-refractivity contribution >= 4 is 5.82 Å². The molecule has 13 heavy (non-hydrogen) atoms. The van der Waals surface area contributed by atoms with Gasteiger partial charge >= 0.3 is 0 Å². The molecule has 1 aromatic heterocycles. The van der Waals surface area contributed by atoms with Crippen molar-refractivity contribution in [3.63, 3.8) is 0 Å². The van der Waals surface area contributed by atoms with Crippen molar-refractivity contribution in [1.29, 1.82) is 0 Å². The van der Waals surface area contributed by atoms with E-state index in [0.29, 0.717) is 0 Å². The Balaban J connectivity index is 2.04. The SMILES string of the molecule is C=C(N1CCCCC1)n1ccnc1. The monoisotopic (exact) mass is 177 g/mol. The summed E-state index contributed by atoms with van der Waals surface area (Å²) < 4.78 is 1.98. The highest BCUT2D eigenvalue weighted by Gasteiger charge is 2.12. The third-order valence-corrected chi connectivity index (χ3v) is 2.52. The van der Waals surface area contributed by atoms with Gasteiger partial charge < -0.3 is 4.90 Å². The molecule has 0 unspecified atom stereocenters. The number of rotatable bonds is 2. The fourth-order valence-corrected chi connectivity index (χ4v) is 1.73. The molecule has 0 spiro atoms. The number of hydrogen-bond acceptors (Lipinski definition) is 2. The second kappa shape index (κ2) is 3.64. The Kier molecular flexibility index (Phi) is 2.34. The molecule has 1 fully saturated rings. The summed E-state index contributed by atoms with van der Waals surface area (Å²) in [6.45, 7) is 6.34. The quantitative estimate of drug-likeness (QED) is 0.686. The molecule has 0 aliphatic carbocycles. The van der Waals surface area contributed by atoms with Gasteiger partial charge in [0.05, 0.1) is 0 Å². The Morgan fingerprint density at radius 1 is 1.23 bits per heavy atom. The van der Waals surface area contributed by atoms with E-state index >= 15 is 0 Å². The maximum atomic E-state index is 4.07. The van der Waals surface area contributed by atoms with Gasteiger partial charge in [0.1, 0.15) is 12.1 Å². The molecular formula is C10H15N3. The van der Waals surface area contributed by atoms with Crippen molar-refractivity contribution in [2.45, 2.75) is 19.3 Å². The highest BCUT2D eigenvalue weighted by atomic mass is 15.3. The second-order valence-corrected chi connectivity index (χ2v) is 3.43. The van der Waals surface area contributed by atoms with Crippen LogP contribution in [-0.2, 0) is 0 Å². The summed E-state index contributed by atoms with van der Waals surface area (Å²) in [5.74, 6) is 1.05. The van der Waals surface area contributed by atoms with Crippen LogP contribution in [0.5, 0.6) is 0 Å². The van der Waals surface area contributed by atoms with Gasteiger partial charge in [0.15, 0.2) is 0 Å². The summed E-state index contributed by atoms with van der Waals surface area (Å²) >= 11 is 0. The van der Waals surface area contributed by atoms with E-state index in [1.165, 1.54) is 19.3 Å². The van der Waals surface area contributed by atoms with E-state index in [1.54, 1.807) is 12.5 Å². The molecule has 3 heteroatoms. The second-order valence-electron chi connectivity index (χ2n) is 3.43. The molecule has 0 aromatic carbocycles. The van der Waals surface area contributed by atoms with Crippen molar-refractivity contribution in [2.24, 2.45) is 0 Å². The van der Waals surface area contributed by atoms with Gasteiger partial charge in [-0.1, -0.05) is 6.58 Å². The Morgan fingerprint density at radius 2 is 2.00 bits per heavy atom. The van der Waals surface area contributed by atoms with Crippen LogP contribution in [0.1, 0.15) is 19.3 Å². The lowest BCUT2D eigenvalue weighted by Gasteiger charge is -2.30. The van der Waals surface area contributed by atoms with Gasteiger partial charge in [0.2, 0.25) is 0 Å². The summed E-state index contributed by atoms with van der Waals surface area (Å²) in [7, 11) is 0. The molecule has 0 N–H and O–H groups in total. The zero-order valence-electron chi connectivity index (χ0n) is 7.82. The number of imidazole rings is 1. The van der Waals surface area contributed by atoms with E-state index < -0.39 is 0 Å². The molecule has 0 saturated carbocycles. The van der Waals surface area contributed by atoms with E-state index in [9.17, 15) is 0 Å². The topological polar surface area (TPSA) is 21.1 Å². The van der Waals surface area contributed by atoms with Gasteiger partial charge in [-0.05, 0) is 19.3 Å². The predicted octanol–water partition coefficient (Wildman–Crippen LogP) is 1.80. The molecule has 2 heterocycles. The van der Waals surface area contributed by atoms with Gasteiger partial charge in [-0.3, -0.25) is 4.57 Å². The van der Waals surface area contributed by atoms with E-state index in [2.05, 4.69) is 16.5 Å². The zero-order valence-corrected chi connectivity index (χ0v) is 7.82. The normalized spacial score (nSPS) is 17.4. The summed E-state index contributed by atoms with van der Waals surface area (Å²) in [6, 6.07) is 0. The van der Waals surface area contributed by atoms with Crippen LogP contribution in [0, 0.1) is 0 Å². The van der Waals surface area contributed by atoms with E-state index in [-0.39, 0.29) is 0 Å². The Bertz CT molecular complexity index is 270. The maximum absolute atomic E-state index is 4.07. The summed E-state index contributed by atoms with van der Waals surface area (Å²) in [4.78, 5) is 6.34. The van der Waals surface area contributed by atoms with Gasteiger partial charge in [0, 0.05) is 25.5 Å². The van der Waals surface area contributed by atoms with Gasteiger partial charge in [-0.15, -0.1) is 0 Å². The molecule has 0 bridgehead atoms. The third-order valence-electron chi connectivity index (χ3n) is 2.52. The molecule has 0 atom stereocenters. The minimum absolute atomic E-state index is 1.05. The molecule has 2 rings (SSSR count). The minimum Gasteiger partial charge on any atom is -0.358 e. The fourth-order valence-electron chi connectivity index (χ4n) is 1.73. The first-order chi connectivity index (χ1) is 6.38. The van der Waals surface area contributed by atoms with E-state index in [4.69, 9.17) is 0 Å². The fraction of sp³-hybridized carbons (Fsp3) is 0.500. The van der Waals surface area contributed by atoms with Crippen molar-refractivity contribution in [1.82, 2.24) is 14.5 Å². The Labute approximate surface area is 78.7 Å². The largest absolute Gasteiger partial charge is 0.358 e. The first kappa shape index (κ1) is 8.35. The van der Waals surface area contributed by atoms with Crippen molar-refractivity contribution in [2.75, 3.05) is 13.1 Å². The molecule has 1 aliphatic heterocycles. The average Bonchev–Trinajstić information content (AvgIpc) is 2.71. The first-order valence-electron chi connectivity index (χ1n) is 4.80. The molecule has 1 aromatic rings. The van der Waals surface area contributed by atoms with Crippen molar-refractivity contribution in [3.05, 3.63) is 25.3 Å². The number of likely N-dealkylation sites (tertiary alicyclic amines) is 1. The lowest BCUT2D eigenvalue weighted by Crippen LogP contribution is -2.29. The number of piperidine rings is 1. The van der Waals surface area contributed by atoms with Crippen LogP contribution < -0.4 is 0 Å². The Morgan fingerprint density at radius 3 is 2.62 bits per heavy atom. The van der Waals surface area contributed by atoms with Crippen LogP contribution in [-0.4, -0.2) is 27.5 Å². The van der Waals surface area contributed by atoms with Crippen LogP contribution in [0.4, 0.5) is 0 Å². The van der Waals surface area contributed by atoms with E-state index in [1.807, 2.05) is 10.8 Å². The summed E-state index contributed by atoms with van der Waals surface area (Å²) in [5.41, 5.74) is 0. The van der Waals surface area contributed by atoms with Crippen molar-refractivity contribution < 1.29 is 0 Å². The van der Waals surface area contributed by atoms with Crippen LogP contribution in [0.25, 0.3) is 5.82 Å². The molecule has 70 valence electrons. The predicted molar refractivity (Wildman–Crippen MR) is 53.0 cm³/mol. The van der Waals surface area contributed by atoms with E-state index in [0.717, 1.165) is 18.9 Å². The summed E-state index contributed by atoms with van der Waals surface area (Å²) in [6.07, 6.45) is 9.46. The highest BCUT2D eigenvalue weighted by molar-refractivity contribution is 5.38. The average molecular weight is 177 g/mol. The van der Waals surface area contributed by atoms with Gasteiger partial charge in [-0.2, -0.15) is 0 Å². The maximum Gasteiger partial charge on any atom is 0.106 e. The molecule has 0 radical (unpaired) electrons. The smallest absolute Gasteiger partial charge is 0.106 e. The summed E-state index contributed by atoms with van der Waals surface area (Å²) in [5, 5.41) is 0. The van der Waals surface area contributed by atoms with Crippen LogP contribution in [0.3, 0.4) is 0 Å². The lowest BCUT2D eigenvalue weighted by atomic mass is 10.1. The highest BCUT2D eigenvalue weighted by Crippen LogP contribution is 2.16. The third kappa shape index (κ3) is 1.74. The minimum atomic E-state index is 1.05. The molecule has 3 nitrogen and oxygen atoms in total. The zero-order chi connectivity index (χ0) is 9.10. The molecular weight excluding hydrogens is 162 g/mol. The van der Waals surface area contributed by atoms with Gasteiger partial charge in [0.25, 0.3) is 0 Å². The van der Waals surface area contributed by atoms with Crippen LogP contribution >= 0.6 is 0 Å². The first-order valence-corrected chi connectivity index (χ1v) is 4.80. The van der Waals surface area contributed by atoms with Gasteiger partial charge in [-0.25, -0.2) is 4.98 Å². The van der Waals surface area contributed by atoms with Crippen molar-refractivity contribution in [3.8, 4) is 0 Å². The number of nitrogens with zero attached hydrogens (tertiary/aromatic N) is 3.